The molecule has 4 amide bonds. The lowest BCUT2D eigenvalue weighted by Gasteiger charge is -2.50. The molecular weight excluding hydrogens is 795 g/mol. The number of anilines is 3. The van der Waals surface area contributed by atoms with E-state index in [2.05, 4.69) is 10.3 Å². The number of methoxy groups -OCH3 is 1. The van der Waals surface area contributed by atoms with E-state index in [1.807, 2.05) is 18.2 Å². The van der Waals surface area contributed by atoms with Crippen LogP contribution in [0.1, 0.15) is 36.8 Å². The van der Waals surface area contributed by atoms with Gasteiger partial charge in [0.15, 0.2) is 11.5 Å². The largest absolute Gasteiger partial charge is 0.504 e. The highest BCUT2D eigenvalue weighted by atomic mass is 35.5. The summed E-state index contributed by atoms with van der Waals surface area (Å²) in [5.74, 6) is -4.91. The van der Waals surface area contributed by atoms with E-state index in [0.29, 0.717) is 46.5 Å². The molecule has 9 rings (SSSR count). The van der Waals surface area contributed by atoms with Crippen molar-refractivity contribution in [3.8, 4) is 17.2 Å². The zero-order valence-corrected chi connectivity index (χ0v) is 33.9. The summed E-state index contributed by atoms with van der Waals surface area (Å²) in [5, 5.41) is 12.5. The van der Waals surface area contributed by atoms with Gasteiger partial charge in [-0.2, -0.15) is 5.01 Å². The van der Waals surface area contributed by atoms with Gasteiger partial charge in [0.25, 0.3) is 11.8 Å². The quantitative estimate of drug-likeness (QED) is 0.132. The highest BCUT2D eigenvalue weighted by molar-refractivity contribution is 6.36. The van der Waals surface area contributed by atoms with E-state index in [1.165, 1.54) is 17.0 Å². The van der Waals surface area contributed by atoms with Crippen molar-refractivity contribution in [2.75, 3.05) is 55.2 Å². The van der Waals surface area contributed by atoms with Crippen LogP contribution in [0.15, 0.2) is 96.6 Å². The zero-order valence-electron chi connectivity index (χ0n) is 32.4. The third-order valence-electron chi connectivity index (χ3n) is 12.7. The average molecular weight is 838 g/mol. The lowest BCUT2D eigenvalue weighted by atomic mass is 9.49. The number of morpholine rings is 1. The lowest BCUT2D eigenvalue weighted by Crippen LogP contribution is -2.53. The SMILES string of the molecule is CCOc1cc(C2C3=CCC4C(=O)N(c5ccc(N6CCOCC6)cc5)C(=O)C4C3CC3C(=O)N(Nc4ccc(Cl)cc4Cl)C(=O)C32c2ccc(OC)cc2)ccc1O. The maximum atomic E-state index is 15.6. The first-order valence-electron chi connectivity index (χ1n) is 19.8. The molecule has 12 nitrogen and oxygen atoms in total. The van der Waals surface area contributed by atoms with Gasteiger partial charge in [-0.05, 0) is 104 Å². The molecule has 4 fully saturated rings. The number of ether oxygens (including phenoxy) is 3. The van der Waals surface area contributed by atoms with Crippen molar-refractivity contribution in [2.45, 2.75) is 31.1 Å². The van der Waals surface area contributed by atoms with Crippen LogP contribution in [0.25, 0.3) is 0 Å². The zero-order chi connectivity index (χ0) is 41.2. The van der Waals surface area contributed by atoms with E-state index in [-0.39, 0.29) is 47.8 Å². The van der Waals surface area contributed by atoms with Crippen molar-refractivity contribution in [2.24, 2.45) is 23.7 Å². The van der Waals surface area contributed by atoms with Crippen LogP contribution in [0.4, 0.5) is 17.1 Å². The molecule has 3 saturated heterocycles. The summed E-state index contributed by atoms with van der Waals surface area (Å²) >= 11 is 12.8. The topological polar surface area (TPSA) is 138 Å². The van der Waals surface area contributed by atoms with Crippen LogP contribution in [0.2, 0.25) is 10.0 Å². The van der Waals surface area contributed by atoms with Crippen LogP contribution in [0.5, 0.6) is 17.2 Å². The highest BCUT2D eigenvalue weighted by Crippen LogP contribution is 2.64. The number of hydrogen-bond donors (Lipinski definition) is 2. The van der Waals surface area contributed by atoms with Gasteiger partial charge >= 0.3 is 0 Å². The predicted molar refractivity (Wildman–Crippen MR) is 222 cm³/mol. The van der Waals surface area contributed by atoms with E-state index in [1.54, 1.807) is 74.7 Å². The number of phenols is 1. The number of aromatic hydroxyl groups is 1. The van der Waals surface area contributed by atoms with Gasteiger partial charge in [-0.3, -0.25) is 29.5 Å². The van der Waals surface area contributed by atoms with Crippen molar-refractivity contribution >= 4 is 63.9 Å². The number of nitrogens with one attached hydrogen (secondary N) is 1. The highest BCUT2D eigenvalue weighted by Gasteiger charge is 2.70. The van der Waals surface area contributed by atoms with Crippen LogP contribution in [-0.4, -0.2) is 73.8 Å². The average Bonchev–Trinajstić information content (AvgIpc) is 3.63. The molecule has 0 aromatic heterocycles. The standard InChI is InChI=1S/C45H42Cl2N4O8/c1-3-59-38-22-25(4-17-37(38)52)40-31-14-15-32-39(43(55)50(41(32)53)29-10-8-28(9-11-29)49-18-20-58-21-19-49)33(31)24-34-42(54)51(48-36-16-7-27(46)23-35(36)47)44(56)45(34,40)26-5-12-30(57-2)13-6-26/h4-14,16-17,22-23,32-34,39-40,48,52H,3,15,18-21,24H2,1-2H3. The summed E-state index contributed by atoms with van der Waals surface area (Å²) < 4.78 is 16.9. The maximum Gasteiger partial charge on any atom is 0.260 e. The molecule has 6 atom stereocenters. The molecule has 14 heteroatoms. The molecule has 0 bridgehead atoms. The van der Waals surface area contributed by atoms with E-state index in [9.17, 15) is 14.7 Å². The Morgan fingerprint density at radius 1 is 0.864 bits per heavy atom. The predicted octanol–water partition coefficient (Wildman–Crippen LogP) is 7.13. The molecule has 2 aliphatic carbocycles. The Bertz CT molecular complexity index is 2380. The molecule has 2 N–H and O–H groups in total. The fourth-order valence-corrected chi connectivity index (χ4v) is 10.5. The normalized spacial score (nSPS) is 26.3. The second-order valence-corrected chi connectivity index (χ2v) is 16.3. The number of imide groups is 2. The minimum Gasteiger partial charge on any atom is -0.504 e. The Labute approximate surface area is 351 Å². The van der Waals surface area contributed by atoms with E-state index in [0.717, 1.165) is 29.4 Å². The molecule has 0 radical (unpaired) electrons. The van der Waals surface area contributed by atoms with Crippen LogP contribution >= 0.6 is 23.2 Å². The van der Waals surface area contributed by atoms with Gasteiger partial charge in [0.1, 0.15) is 5.75 Å². The molecule has 3 heterocycles. The first-order valence-corrected chi connectivity index (χ1v) is 20.5. The van der Waals surface area contributed by atoms with Crippen molar-refractivity contribution in [3.63, 3.8) is 0 Å². The number of carbonyl (C=O) groups is 4. The molecule has 304 valence electrons. The monoisotopic (exact) mass is 836 g/mol. The van der Waals surface area contributed by atoms with Gasteiger partial charge < -0.3 is 24.2 Å². The Balaban J connectivity index is 1.18. The number of hydrogen-bond acceptors (Lipinski definition) is 10. The van der Waals surface area contributed by atoms with Gasteiger partial charge in [-0.1, -0.05) is 53.1 Å². The van der Waals surface area contributed by atoms with Gasteiger partial charge in [0.2, 0.25) is 11.8 Å². The number of carbonyl (C=O) groups excluding carboxylic acids is 4. The summed E-state index contributed by atoms with van der Waals surface area (Å²) in [6.45, 7) is 4.81. The summed E-state index contributed by atoms with van der Waals surface area (Å²) in [5.41, 5.74) is 5.13. The first-order chi connectivity index (χ1) is 28.6. The number of fused-ring (bicyclic) bond motifs is 4. The van der Waals surface area contributed by atoms with Gasteiger partial charge in [0.05, 0.1) is 66.5 Å². The third kappa shape index (κ3) is 6.22. The molecular formula is C45H42Cl2N4O8. The second kappa shape index (κ2) is 15.2. The smallest absolute Gasteiger partial charge is 0.260 e. The summed E-state index contributed by atoms with van der Waals surface area (Å²) in [6.07, 6.45) is 2.35. The molecule has 6 unspecified atom stereocenters. The van der Waals surface area contributed by atoms with Gasteiger partial charge in [-0.25, -0.2) is 0 Å². The number of nitrogens with zero attached hydrogens (tertiary/aromatic N) is 3. The van der Waals surface area contributed by atoms with Crippen molar-refractivity contribution < 1.29 is 38.5 Å². The second-order valence-electron chi connectivity index (χ2n) is 15.5. The third-order valence-corrected chi connectivity index (χ3v) is 13.2. The number of hydrazine groups is 1. The van der Waals surface area contributed by atoms with E-state index >= 15 is 9.59 Å². The van der Waals surface area contributed by atoms with Crippen LogP contribution < -0.4 is 24.7 Å². The molecule has 4 aromatic rings. The minimum absolute atomic E-state index is 0.0861. The van der Waals surface area contributed by atoms with E-state index < -0.39 is 46.8 Å². The van der Waals surface area contributed by atoms with Gasteiger partial charge in [-0.15, -0.1) is 0 Å². The lowest BCUT2D eigenvalue weighted by molar-refractivity contribution is -0.138. The number of benzene rings is 4. The number of phenolic OH excluding ortho intramolecular Hbond substituents is 1. The van der Waals surface area contributed by atoms with Crippen molar-refractivity contribution in [3.05, 3.63) is 118 Å². The molecule has 5 aliphatic rings. The van der Waals surface area contributed by atoms with Crippen LogP contribution in [0, 0.1) is 23.7 Å². The van der Waals surface area contributed by atoms with Crippen molar-refractivity contribution in [1.29, 1.82) is 0 Å². The molecule has 3 aliphatic heterocycles. The number of rotatable bonds is 9. The fraction of sp³-hybridized carbons (Fsp3) is 0.333. The molecule has 1 saturated carbocycles. The number of halogens is 2. The van der Waals surface area contributed by atoms with Crippen LogP contribution in [-0.2, 0) is 29.3 Å². The van der Waals surface area contributed by atoms with Gasteiger partial charge in [0, 0.05) is 29.7 Å². The Hall–Kier alpha value is -5.56. The Morgan fingerprint density at radius 2 is 1.59 bits per heavy atom. The summed E-state index contributed by atoms with van der Waals surface area (Å²) in [4.78, 5) is 63.3. The molecule has 59 heavy (non-hydrogen) atoms. The minimum atomic E-state index is -1.56. The number of allylic oxidation sites excluding steroid dienone is 2. The Morgan fingerprint density at radius 3 is 2.29 bits per heavy atom. The van der Waals surface area contributed by atoms with E-state index in [4.69, 9.17) is 37.4 Å². The summed E-state index contributed by atoms with van der Waals surface area (Å²) in [6, 6.07) is 24.2. The number of amides is 4. The molecule has 0 spiro atoms. The van der Waals surface area contributed by atoms with Crippen LogP contribution in [0.3, 0.4) is 0 Å². The van der Waals surface area contributed by atoms with Crippen molar-refractivity contribution in [1.82, 2.24) is 5.01 Å². The first kappa shape index (κ1) is 38.9. The maximum absolute atomic E-state index is 15.6. The fourth-order valence-electron chi connectivity index (χ4n) is 10.1. The molecule has 4 aromatic carbocycles. The summed E-state index contributed by atoms with van der Waals surface area (Å²) in [7, 11) is 1.55. The Kier molecular flexibility index (Phi) is 10.1.